The van der Waals surface area contributed by atoms with Crippen molar-refractivity contribution in [2.24, 2.45) is 0 Å². The molecule has 0 aliphatic carbocycles. The molecule has 19 heavy (non-hydrogen) atoms. The molecule has 2 rings (SSSR count). The highest BCUT2D eigenvalue weighted by Crippen LogP contribution is 2.19. The maximum atomic E-state index is 13.2. The van der Waals surface area contributed by atoms with Gasteiger partial charge in [0, 0.05) is 17.1 Å². The Morgan fingerprint density at radius 3 is 2.53 bits per heavy atom. The Morgan fingerprint density at radius 2 is 1.84 bits per heavy atom. The van der Waals surface area contributed by atoms with Crippen LogP contribution in [-0.2, 0) is 6.54 Å². The second-order valence-corrected chi connectivity index (χ2v) is 5.60. The summed E-state index contributed by atoms with van der Waals surface area (Å²) in [5.41, 5.74) is 3.42. The van der Waals surface area contributed by atoms with Crippen molar-refractivity contribution >= 4 is 15.9 Å². The molecule has 0 spiro atoms. The van der Waals surface area contributed by atoms with E-state index in [0.29, 0.717) is 6.54 Å². The lowest BCUT2D eigenvalue weighted by atomic mass is 10.1. The molecular formula is C16H17BrFN. The fourth-order valence-corrected chi connectivity index (χ4v) is 2.30. The number of hydrogen-bond acceptors (Lipinski definition) is 1. The van der Waals surface area contributed by atoms with Crippen molar-refractivity contribution in [3.63, 3.8) is 0 Å². The summed E-state index contributed by atoms with van der Waals surface area (Å²) in [5, 5.41) is 3.41. The molecule has 1 atom stereocenters. The zero-order valence-corrected chi connectivity index (χ0v) is 12.7. The SMILES string of the molecule is Cc1ccc(C(C)NCc2cc(F)ccc2Br)cc1. The average Bonchev–Trinajstić information content (AvgIpc) is 2.40. The summed E-state index contributed by atoms with van der Waals surface area (Å²) >= 11 is 3.44. The van der Waals surface area contributed by atoms with Gasteiger partial charge >= 0.3 is 0 Å². The third kappa shape index (κ3) is 3.88. The zero-order valence-electron chi connectivity index (χ0n) is 11.1. The molecule has 2 aromatic rings. The minimum absolute atomic E-state index is 0.206. The Labute approximate surface area is 122 Å². The monoisotopic (exact) mass is 321 g/mol. The highest BCUT2D eigenvalue weighted by Gasteiger charge is 2.07. The van der Waals surface area contributed by atoms with Gasteiger partial charge in [0.2, 0.25) is 0 Å². The summed E-state index contributed by atoms with van der Waals surface area (Å²) in [6.07, 6.45) is 0. The molecule has 0 bridgehead atoms. The molecule has 0 aromatic heterocycles. The van der Waals surface area contributed by atoms with E-state index >= 15 is 0 Å². The topological polar surface area (TPSA) is 12.0 Å². The van der Waals surface area contributed by atoms with Gasteiger partial charge in [0.15, 0.2) is 0 Å². The van der Waals surface area contributed by atoms with E-state index < -0.39 is 0 Å². The van der Waals surface area contributed by atoms with Crippen molar-refractivity contribution in [1.82, 2.24) is 5.32 Å². The first-order chi connectivity index (χ1) is 9.06. The largest absolute Gasteiger partial charge is 0.306 e. The second-order valence-electron chi connectivity index (χ2n) is 4.75. The Kier molecular flexibility index (Phi) is 4.72. The van der Waals surface area contributed by atoms with Crippen molar-refractivity contribution in [3.8, 4) is 0 Å². The van der Waals surface area contributed by atoms with E-state index in [9.17, 15) is 4.39 Å². The van der Waals surface area contributed by atoms with Crippen LogP contribution in [0.1, 0.15) is 29.7 Å². The lowest BCUT2D eigenvalue weighted by molar-refractivity contribution is 0.568. The van der Waals surface area contributed by atoms with Crippen LogP contribution in [-0.4, -0.2) is 0 Å². The highest BCUT2D eigenvalue weighted by molar-refractivity contribution is 9.10. The van der Waals surface area contributed by atoms with E-state index in [1.807, 2.05) is 0 Å². The molecule has 0 fully saturated rings. The first kappa shape index (κ1) is 14.2. The van der Waals surface area contributed by atoms with Gasteiger partial charge in [0.25, 0.3) is 0 Å². The first-order valence-electron chi connectivity index (χ1n) is 6.30. The van der Waals surface area contributed by atoms with E-state index in [2.05, 4.69) is 59.4 Å². The predicted molar refractivity (Wildman–Crippen MR) is 80.5 cm³/mol. The van der Waals surface area contributed by atoms with Gasteiger partial charge in [-0.1, -0.05) is 45.8 Å². The lowest BCUT2D eigenvalue weighted by Crippen LogP contribution is -2.18. The molecule has 0 saturated heterocycles. The van der Waals surface area contributed by atoms with Gasteiger partial charge < -0.3 is 5.32 Å². The third-order valence-electron chi connectivity index (χ3n) is 3.18. The van der Waals surface area contributed by atoms with Crippen molar-refractivity contribution in [2.75, 3.05) is 0 Å². The molecular weight excluding hydrogens is 305 g/mol. The molecule has 1 N–H and O–H groups in total. The van der Waals surface area contributed by atoms with E-state index in [-0.39, 0.29) is 11.9 Å². The number of nitrogens with one attached hydrogen (secondary N) is 1. The van der Waals surface area contributed by atoms with Crippen LogP contribution < -0.4 is 5.32 Å². The van der Waals surface area contributed by atoms with Crippen LogP contribution in [0.4, 0.5) is 4.39 Å². The minimum Gasteiger partial charge on any atom is -0.306 e. The molecule has 0 amide bonds. The molecule has 3 heteroatoms. The Balaban J connectivity index is 2.02. The van der Waals surface area contributed by atoms with Crippen LogP contribution in [0.2, 0.25) is 0 Å². The van der Waals surface area contributed by atoms with E-state index in [4.69, 9.17) is 0 Å². The van der Waals surface area contributed by atoms with Gasteiger partial charge in [0.1, 0.15) is 5.82 Å². The van der Waals surface area contributed by atoms with Crippen LogP contribution in [0.25, 0.3) is 0 Å². The summed E-state index contributed by atoms with van der Waals surface area (Å²) in [4.78, 5) is 0. The van der Waals surface area contributed by atoms with E-state index in [1.54, 1.807) is 12.1 Å². The number of hydrogen-bond donors (Lipinski definition) is 1. The number of aryl methyl sites for hydroxylation is 1. The summed E-state index contributed by atoms with van der Waals surface area (Å²) in [6, 6.07) is 13.4. The molecule has 100 valence electrons. The minimum atomic E-state index is -0.206. The van der Waals surface area contributed by atoms with Gasteiger partial charge in [-0.15, -0.1) is 0 Å². The fourth-order valence-electron chi connectivity index (χ4n) is 1.91. The normalized spacial score (nSPS) is 12.4. The predicted octanol–water partition coefficient (Wildman–Crippen LogP) is 4.75. The molecule has 0 heterocycles. The summed E-state index contributed by atoms with van der Waals surface area (Å²) in [6.45, 7) is 4.82. The summed E-state index contributed by atoms with van der Waals surface area (Å²) in [5.74, 6) is -0.206. The Morgan fingerprint density at radius 1 is 1.16 bits per heavy atom. The molecule has 0 aliphatic heterocycles. The van der Waals surface area contributed by atoms with Gasteiger partial charge in [-0.2, -0.15) is 0 Å². The summed E-state index contributed by atoms with van der Waals surface area (Å²) < 4.78 is 14.1. The van der Waals surface area contributed by atoms with Crippen LogP contribution in [0.3, 0.4) is 0 Å². The van der Waals surface area contributed by atoms with Crippen LogP contribution in [0, 0.1) is 12.7 Å². The van der Waals surface area contributed by atoms with Gasteiger partial charge in [-0.05, 0) is 43.2 Å². The molecule has 0 aliphatic rings. The quantitative estimate of drug-likeness (QED) is 0.857. The first-order valence-corrected chi connectivity index (χ1v) is 7.09. The standard InChI is InChI=1S/C16H17BrFN/c1-11-3-5-13(6-4-11)12(2)19-10-14-9-15(18)7-8-16(14)17/h3-9,12,19H,10H2,1-2H3. The van der Waals surface area contributed by atoms with Crippen molar-refractivity contribution in [3.05, 3.63) is 69.4 Å². The molecule has 2 aromatic carbocycles. The average molecular weight is 322 g/mol. The molecule has 1 unspecified atom stereocenters. The molecule has 0 radical (unpaired) electrons. The van der Waals surface area contributed by atoms with Gasteiger partial charge in [0.05, 0.1) is 0 Å². The van der Waals surface area contributed by atoms with E-state index in [1.165, 1.54) is 17.2 Å². The van der Waals surface area contributed by atoms with Crippen LogP contribution in [0.5, 0.6) is 0 Å². The number of benzene rings is 2. The third-order valence-corrected chi connectivity index (χ3v) is 3.96. The van der Waals surface area contributed by atoms with Gasteiger partial charge in [-0.25, -0.2) is 4.39 Å². The number of halogens is 2. The van der Waals surface area contributed by atoms with Crippen LogP contribution in [0.15, 0.2) is 46.9 Å². The zero-order chi connectivity index (χ0) is 13.8. The van der Waals surface area contributed by atoms with Crippen LogP contribution >= 0.6 is 15.9 Å². The maximum absolute atomic E-state index is 13.2. The van der Waals surface area contributed by atoms with E-state index in [0.717, 1.165) is 10.0 Å². The Bertz CT molecular complexity index is 551. The van der Waals surface area contributed by atoms with Gasteiger partial charge in [-0.3, -0.25) is 0 Å². The highest BCUT2D eigenvalue weighted by atomic mass is 79.9. The fraction of sp³-hybridized carbons (Fsp3) is 0.250. The molecule has 1 nitrogen and oxygen atoms in total. The smallest absolute Gasteiger partial charge is 0.123 e. The maximum Gasteiger partial charge on any atom is 0.123 e. The molecule has 0 saturated carbocycles. The second kappa shape index (κ2) is 6.31. The lowest BCUT2D eigenvalue weighted by Gasteiger charge is -2.15. The van der Waals surface area contributed by atoms with Crippen molar-refractivity contribution < 1.29 is 4.39 Å². The van der Waals surface area contributed by atoms with Crippen molar-refractivity contribution in [1.29, 1.82) is 0 Å². The summed E-state index contributed by atoms with van der Waals surface area (Å²) in [7, 11) is 0. The Hall–Kier alpha value is -1.19. The number of rotatable bonds is 4. The van der Waals surface area contributed by atoms with Crippen molar-refractivity contribution in [2.45, 2.75) is 26.4 Å².